The van der Waals surface area contributed by atoms with Crippen molar-refractivity contribution in [2.75, 3.05) is 11.4 Å². The molecule has 0 bridgehead atoms. The summed E-state index contributed by atoms with van der Waals surface area (Å²) < 4.78 is 0. The van der Waals surface area contributed by atoms with Gasteiger partial charge in [0.05, 0.1) is 23.5 Å². The fraction of sp³-hybridized carbons (Fsp3) is 0.286. The molecule has 1 fully saturated rings. The molecule has 1 unspecified atom stereocenters. The molecular weight excluding hydrogens is 340 g/mol. The molecule has 0 radical (unpaired) electrons. The zero-order chi connectivity index (χ0) is 19.0. The maximum Gasteiger partial charge on any atom is 0.227 e. The number of aromatic nitrogens is 2. The van der Waals surface area contributed by atoms with Crippen molar-refractivity contribution in [2.45, 2.75) is 26.8 Å². The van der Waals surface area contributed by atoms with Crippen molar-refractivity contribution in [1.29, 1.82) is 0 Å². The normalized spacial score (nSPS) is 16.9. The number of nitrogens with one attached hydrogen (secondary N) is 2. The monoisotopic (exact) mass is 362 g/mol. The number of rotatable bonds is 4. The Bertz CT molecular complexity index is 991. The van der Waals surface area contributed by atoms with Gasteiger partial charge in [0, 0.05) is 18.7 Å². The smallest absolute Gasteiger partial charge is 0.227 e. The first-order chi connectivity index (χ1) is 13.0. The predicted molar refractivity (Wildman–Crippen MR) is 104 cm³/mol. The molecule has 0 spiro atoms. The second kappa shape index (κ2) is 6.87. The first-order valence-electron chi connectivity index (χ1n) is 9.10. The van der Waals surface area contributed by atoms with Gasteiger partial charge in [-0.1, -0.05) is 18.2 Å². The van der Waals surface area contributed by atoms with E-state index in [4.69, 9.17) is 0 Å². The van der Waals surface area contributed by atoms with Gasteiger partial charge in [0.15, 0.2) is 0 Å². The number of carbonyl (C=O) groups excluding carboxylic acids is 2. The van der Waals surface area contributed by atoms with Crippen molar-refractivity contribution < 1.29 is 9.59 Å². The largest absolute Gasteiger partial charge is 0.349 e. The zero-order valence-electron chi connectivity index (χ0n) is 15.5. The molecule has 6 nitrogen and oxygen atoms in total. The van der Waals surface area contributed by atoms with E-state index in [9.17, 15) is 9.59 Å². The molecule has 2 heterocycles. The molecule has 138 valence electrons. The van der Waals surface area contributed by atoms with Crippen molar-refractivity contribution in [3.63, 3.8) is 0 Å². The van der Waals surface area contributed by atoms with Crippen molar-refractivity contribution in [3.05, 3.63) is 59.4 Å². The molecule has 3 aromatic rings. The number of H-pyrrole nitrogens is 1. The van der Waals surface area contributed by atoms with Crippen LogP contribution in [0.5, 0.6) is 0 Å². The summed E-state index contributed by atoms with van der Waals surface area (Å²) in [5.74, 6) is 0.237. The van der Waals surface area contributed by atoms with E-state index >= 15 is 0 Å². The molecule has 2 amide bonds. The van der Waals surface area contributed by atoms with Crippen LogP contribution < -0.4 is 10.2 Å². The van der Waals surface area contributed by atoms with Crippen LogP contribution in [0.3, 0.4) is 0 Å². The molecule has 2 aromatic carbocycles. The highest BCUT2D eigenvalue weighted by Gasteiger charge is 2.35. The van der Waals surface area contributed by atoms with Gasteiger partial charge in [-0.3, -0.25) is 9.59 Å². The molecule has 1 atom stereocenters. The first-order valence-corrected chi connectivity index (χ1v) is 9.10. The third-order valence-corrected chi connectivity index (χ3v) is 5.17. The summed E-state index contributed by atoms with van der Waals surface area (Å²) in [6.07, 6.45) is 0.235. The number of benzene rings is 2. The van der Waals surface area contributed by atoms with Crippen LogP contribution in [0.4, 0.5) is 5.69 Å². The third kappa shape index (κ3) is 3.43. The van der Waals surface area contributed by atoms with E-state index in [1.54, 1.807) is 4.90 Å². The summed E-state index contributed by atoms with van der Waals surface area (Å²) >= 11 is 0. The van der Waals surface area contributed by atoms with Crippen LogP contribution in [0.1, 0.15) is 23.4 Å². The van der Waals surface area contributed by atoms with E-state index in [0.29, 0.717) is 18.9 Å². The SMILES string of the molecule is Cc1ccc(N2CC(C(=O)NCc3nc4ccccc4[nH]3)CC2=O)cc1C. The third-order valence-electron chi connectivity index (χ3n) is 5.17. The predicted octanol–water partition coefficient (Wildman–Crippen LogP) is 2.85. The number of para-hydroxylation sites is 2. The lowest BCUT2D eigenvalue weighted by Crippen LogP contribution is -2.32. The van der Waals surface area contributed by atoms with Gasteiger partial charge in [-0.15, -0.1) is 0 Å². The summed E-state index contributed by atoms with van der Waals surface area (Å²) in [7, 11) is 0. The van der Waals surface area contributed by atoms with E-state index in [0.717, 1.165) is 22.3 Å². The Morgan fingerprint density at radius 3 is 2.81 bits per heavy atom. The lowest BCUT2D eigenvalue weighted by molar-refractivity contribution is -0.126. The van der Waals surface area contributed by atoms with Gasteiger partial charge in [0.1, 0.15) is 5.82 Å². The van der Waals surface area contributed by atoms with Gasteiger partial charge in [0.25, 0.3) is 0 Å². The van der Waals surface area contributed by atoms with E-state index in [1.165, 1.54) is 5.56 Å². The Morgan fingerprint density at radius 1 is 1.22 bits per heavy atom. The number of aromatic amines is 1. The number of aryl methyl sites for hydroxylation is 2. The van der Waals surface area contributed by atoms with Gasteiger partial charge in [-0.2, -0.15) is 0 Å². The van der Waals surface area contributed by atoms with Gasteiger partial charge in [-0.05, 0) is 49.2 Å². The molecule has 1 aliphatic heterocycles. The number of hydrogen-bond acceptors (Lipinski definition) is 3. The minimum absolute atomic E-state index is 0.0119. The molecule has 0 saturated carbocycles. The summed E-state index contributed by atoms with van der Waals surface area (Å²) in [5, 5.41) is 2.90. The highest BCUT2D eigenvalue weighted by atomic mass is 16.2. The number of amides is 2. The van der Waals surface area contributed by atoms with Crippen molar-refractivity contribution >= 4 is 28.5 Å². The number of anilines is 1. The topological polar surface area (TPSA) is 78.1 Å². The standard InChI is InChI=1S/C21H22N4O2/c1-13-7-8-16(9-14(13)2)25-12-15(10-20(25)26)21(27)22-11-19-23-17-5-3-4-6-18(17)24-19/h3-9,15H,10-12H2,1-2H3,(H,22,27)(H,23,24). The average molecular weight is 362 g/mol. The van der Waals surface area contributed by atoms with Crippen LogP contribution in [-0.4, -0.2) is 28.3 Å². The highest BCUT2D eigenvalue weighted by molar-refractivity contribution is 6.00. The molecule has 1 aromatic heterocycles. The van der Waals surface area contributed by atoms with Crippen molar-refractivity contribution in [2.24, 2.45) is 5.92 Å². The van der Waals surface area contributed by atoms with Crippen molar-refractivity contribution in [1.82, 2.24) is 15.3 Å². The van der Waals surface area contributed by atoms with Crippen molar-refractivity contribution in [3.8, 4) is 0 Å². The second-order valence-corrected chi connectivity index (χ2v) is 7.09. The maximum atomic E-state index is 12.5. The lowest BCUT2D eigenvalue weighted by Gasteiger charge is -2.18. The minimum atomic E-state index is -0.344. The van der Waals surface area contributed by atoms with Gasteiger partial charge in [0.2, 0.25) is 11.8 Å². The Labute approximate surface area is 157 Å². The van der Waals surface area contributed by atoms with Crippen LogP contribution in [0.15, 0.2) is 42.5 Å². The van der Waals surface area contributed by atoms with Crippen LogP contribution in [-0.2, 0) is 16.1 Å². The minimum Gasteiger partial charge on any atom is -0.349 e. The quantitative estimate of drug-likeness (QED) is 0.749. The Kier molecular flexibility index (Phi) is 4.39. The van der Waals surface area contributed by atoms with Crippen LogP contribution >= 0.6 is 0 Å². The maximum absolute atomic E-state index is 12.5. The van der Waals surface area contributed by atoms with E-state index in [1.807, 2.05) is 56.3 Å². The fourth-order valence-corrected chi connectivity index (χ4v) is 3.43. The van der Waals surface area contributed by atoms with Crippen LogP contribution in [0, 0.1) is 19.8 Å². The number of carbonyl (C=O) groups is 2. The van der Waals surface area contributed by atoms with Gasteiger partial charge >= 0.3 is 0 Å². The van der Waals surface area contributed by atoms with Gasteiger partial charge in [-0.25, -0.2) is 4.98 Å². The molecular formula is C21H22N4O2. The number of imidazole rings is 1. The lowest BCUT2D eigenvalue weighted by atomic mass is 10.1. The molecule has 2 N–H and O–H groups in total. The first kappa shape index (κ1) is 17.3. The fourth-order valence-electron chi connectivity index (χ4n) is 3.43. The number of nitrogens with zero attached hydrogens (tertiary/aromatic N) is 2. The summed E-state index contributed by atoms with van der Waals surface area (Å²) in [5.41, 5.74) is 5.00. The zero-order valence-corrected chi connectivity index (χ0v) is 15.5. The Balaban J connectivity index is 1.40. The molecule has 1 saturated heterocycles. The van der Waals surface area contributed by atoms with E-state index < -0.39 is 0 Å². The molecule has 4 rings (SSSR count). The van der Waals surface area contributed by atoms with Gasteiger partial charge < -0.3 is 15.2 Å². The van der Waals surface area contributed by atoms with Crippen LogP contribution in [0.2, 0.25) is 0 Å². The molecule has 1 aliphatic rings. The van der Waals surface area contributed by atoms with Crippen LogP contribution in [0.25, 0.3) is 11.0 Å². The Hall–Kier alpha value is -3.15. The van der Waals surface area contributed by atoms with E-state index in [2.05, 4.69) is 15.3 Å². The summed E-state index contributed by atoms with van der Waals surface area (Å²) in [4.78, 5) is 34.3. The summed E-state index contributed by atoms with van der Waals surface area (Å²) in [6.45, 7) is 4.80. The molecule has 27 heavy (non-hydrogen) atoms. The highest BCUT2D eigenvalue weighted by Crippen LogP contribution is 2.27. The summed E-state index contributed by atoms with van der Waals surface area (Å²) in [6, 6.07) is 13.7. The Morgan fingerprint density at radius 2 is 2.04 bits per heavy atom. The number of fused-ring (bicyclic) bond motifs is 1. The molecule has 0 aliphatic carbocycles. The molecule has 6 heteroatoms. The second-order valence-electron chi connectivity index (χ2n) is 7.09. The van der Waals surface area contributed by atoms with E-state index in [-0.39, 0.29) is 24.2 Å². The average Bonchev–Trinajstić information content (AvgIpc) is 3.25. The number of hydrogen-bond donors (Lipinski definition) is 2.